The molecule has 13 nitrogen and oxygen atoms in total. The van der Waals surface area contributed by atoms with Gasteiger partial charge in [0.2, 0.25) is 11.5 Å². The molecule has 0 aliphatic carbocycles. The Bertz CT molecular complexity index is 2650. The van der Waals surface area contributed by atoms with Gasteiger partial charge < -0.3 is 43.0 Å². The van der Waals surface area contributed by atoms with Gasteiger partial charge in [0.25, 0.3) is 5.79 Å². The van der Waals surface area contributed by atoms with Crippen molar-refractivity contribution in [2.24, 2.45) is 0 Å². The molecule has 1 N–H and O–H groups in total. The van der Waals surface area contributed by atoms with E-state index in [-0.39, 0.29) is 48.6 Å². The van der Waals surface area contributed by atoms with E-state index in [1.165, 1.54) is 0 Å². The Labute approximate surface area is 409 Å². The number of nitrogens with zero attached hydrogens (tertiary/aromatic N) is 2. The quantitative estimate of drug-likeness (QED) is 0.0571. The first-order valence-electron chi connectivity index (χ1n) is 23.3. The Balaban J connectivity index is 0.000000329. The summed E-state index contributed by atoms with van der Waals surface area (Å²) < 4.78 is 56.5. The van der Waals surface area contributed by atoms with Crippen LogP contribution in [0.2, 0.25) is 0 Å². The van der Waals surface area contributed by atoms with E-state index in [9.17, 15) is 14.7 Å². The van der Waals surface area contributed by atoms with Gasteiger partial charge in [-0.3, -0.25) is 4.79 Å². The van der Waals surface area contributed by atoms with E-state index in [1.54, 1.807) is 48.5 Å². The zero-order valence-electron chi connectivity index (χ0n) is 41.5. The summed E-state index contributed by atoms with van der Waals surface area (Å²) in [6.07, 6.45) is 0.422. The predicted octanol–water partition coefficient (Wildman–Crippen LogP) is 11.9. The van der Waals surface area contributed by atoms with Crippen LogP contribution in [-0.4, -0.2) is 62.7 Å². The third kappa shape index (κ3) is 13.5. The molecule has 6 aromatic rings. The van der Waals surface area contributed by atoms with Crippen molar-refractivity contribution in [2.45, 2.75) is 139 Å². The number of carbonyl (C=O) groups excluding carboxylic acids is 2. The predicted molar refractivity (Wildman–Crippen MR) is 268 cm³/mol. The number of aldehydes is 1. The van der Waals surface area contributed by atoms with Crippen LogP contribution in [0.25, 0.3) is 16.6 Å². The first kappa shape index (κ1) is 51.7. The number of esters is 1. The van der Waals surface area contributed by atoms with E-state index in [4.69, 9.17) is 37.9 Å². The maximum atomic E-state index is 13.8. The summed E-state index contributed by atoms with van der Waals surface area (Å²) in [6.45, 7) is 23.6. The van der Waals surface area contributed by atoms with Crippen LogP contribution in [0.4, 0.5) is 0 Å². The topological polar surface area (TPSA) is 154 Å². The Kier molecular flexibility index (Phi) is 17.3. The maximum Gasteiger partial charge on any atom is 0.342 e. The lowest BCUT2D eigenvalue weighted by molar-refractivity contribution is -0.185. The molecule has 1 aliphatic heterocycles. The zero-order valence-corrected chi connectivity index (χ0v) is 42.3. The SMILES string of the molecule is CC(C)Oc1cc(C=O)cc(OC(C)C)c1OC(C)C.CC(C)Oc1cc(CC2=C(c3ccc4nsnc4c3)C(=O)OC2(O)c2ccc(OCc3ccccc3)cc2)cc(OC(C)C)c1OC(C)C. The number of hydrogen-bond acceptors (Lipinski definition) is 14. The minimum atomic E-state index is -2.08. The number of carbonyl (C=O) groups is 2. The summed E-state index contributed by atoms with van der Waals surface area (Å²) in [5.74, 6) is 1.00. The van der Waals surface area contributed by atoms with Crippen molar-refractivity contribution in [1.82, 2.24) is 8.75 Å². The number of fused-ring (bicyclic) bond motifs is 1. The van der Waals surface area contributed by atoms with E-state index < -0.39 is 11.8 Å². The van der Waals surface area contributed by atoms with Crippen LogP contribution in [0, 0.1) is 0 Å². The molecule has 366 valence electrons. The number of ether oxygens (including phenoxy) is 8. The fourth-order valence-electron chi connectivity index (χ4n) is 7.40. The Morgan fingerprint density at radius 3 is 1.58 bits per heavy atom. The highest BCUT2D eigenvalue weighted by Crippen LogP contribution is 2.48. The van der Waals surface area contributed by atoms with Gasteiger partial charge in [-0.25, -0.2) is 4.79 Å². The lowest BCUT2D eigenvalue weighted by Crippen LogP contribution is -2.29. The number of benzene rings is 5. The van der Waals surface area contributed by atoms with Crippen LogP contribution >= 0.6 is 11.7 Å². The summed E-state index contributed by atoms with van der Waals surface area (Å²) in [4.78, 5) is 24.9. The van der Waals surface area contributed by atoms with Crippen molar-refractivity contribution in [1.29, 1.82) is 0 Å². The van der Waals surface area contributed by atoms with Gasteiger partial charge in [0.05, 0.1) is 53.9 Å². The van der Waals surface area contributed by atoms with Gasteiger partial charge in [0.1, 0.15) is 29.7 Å². The zero-order chi connectivity index (χ0) is 50.0. The second kappa shape index (κ2) is 23.1. The van der Waals surface area contributed by atoms with Gasteiger partial charge in [-0.05, 0) is 160 Å². The van der Waals surface area contributed by atoms with Gasteiger partial charge in [-0.15, -0.1) is 0 Å². The lowest BCUT2D eigenvalue weighted by atomic mass is 9.87. The molecule has 1 aliphatic rings. The second-order valence-corrected chi connectivity index (χ2v) is 18.7. The van der Waals surface area contributed by atoms with E-state index in [2.05, 4.69) is 8.75 Å². The fraction of sp³-hybridized carbons (Fsp3) is 0.382. The van der Waals surface area contributed by atoms with Crippen LogP contribution in [0.5, 0.6) is 40.2 Å². The Morgan fingerprint density at radius 2 is 1.09 bits per heavy atom. The molecule has 69 heavy (non-hydrogen) atoms. The highest BCUT2D eigenvalue weighted by atomic mass is 32.1. The molecule has 7 rings (SSSR count). The van der Waals surface area contributed by atoms with E-state index in [0.717, 1.165) is 34.7 Å². The van der Waals surface area contributed by atoms with Gasteiger partial charge in [-0.2, -0.15) is 8.75 Å². The maximum absolute atomic E-state index is 13.8. The number of cyclic esters (lactones) is 1. The fourth-order valence-corrected chi connectivity index (χ4v) is 7.92. The molecule has 14 heteroatoms. The molecule has 0 saturated heterocycles. The smallest absolute Gasteiger partial charge is 0.342 e. The summed E-state index contributed by atoms with van der Waals surface area (Å²) in [7, 11) is 0. The minimum absolute atomic E-state index is 0.0129. The van der Waals surface area contributed by atoms with Crippen LogP contribution in [0.1, 0.15) is 116 Å². The summed E-state index contributed by atoms with van der Waals surface area (Å²) in [6, 6.07) is 29.3. The van der Waals surface area contributed by atoms with Crippen molar-refractivity contribution >= 4 is 40.6 Å². The van der Waals surface area contributed by atoms with Crippen molar-refractivity contribution in [3.05, 3.63) is 130 Å². The number of aliphatic hydroxyl groups is 1. The molecule has 1 unspecified atom stereocenters. The number of rotatable bonds is 20. The first-order valence-corrected chi connectivity index (χ1v) is 24.1. The minimum Gasteiger partial charge on any atom is -0.489 e. The van der Waals surface area contributed by atoms with Gasteiger partial charge >= 0.3 is 5.97 Å². The molecule has 0 spiro atoms. The normalized spacial score (nSPS) is 14.7. The van der Waals surface area contributed by atoms with Gasteiger partial charge in [-0.1, -0.05) is 36.4 Å². The molecule has 1 aromatic heterocycles. The van der Waals surface area contributed by atoms with E-state index in [1.807, 2.05) is 132 Å². The van der Waals surface area contributed by atoms with Crippen LogP contribution in [0.15, 0.2) is 103 Å². The average molecular weight is 961 g/mol. The molecule has 0 bridgehead atoms. The second-order valence-electron chi connectivity index (χ2n) is 18.2. The molecule has 1 atom stereocenters. The van der Waals surface area contributed by atoms with E-state index in [0.29, 0.717) is 74.6 Å². The van der Waals surface area contributed by atoms with Crippen LogP contribution in [0.3, 0.4) is 0 Å². The first-order chi connectivity index (χ1) is 32.8. The lowest BCUT2D eigenvalue weighted by Gasteiger charge is -2.27. The average Bonchev–Trinajstić information content (AvgIpc) is 3.85. The molecule has 0 saturated carbocycles. The monoisotopic (exact) mass is 960 g/mol. The highest BCUT2D eigenvalue weighted by molar-refractivity contribution is 7.00. The van der Waals surface area contributed by atoms with Crippen molar-refractivity contribution in [2.75, 3.05) is 0 Å². The summed E-state index contributed by atoms with van der Waals surface area (Å²) >= 11 is 1.09. The molecule has 2 heterocycles. The van der Waals surface area contributed by atoms with Crippen LogP contribution in [-0.2, 0) is 28.3 Å². The van der Waals surface area contributed by atoms with Gasteiger partial charge in [0, 0.05) is 23.1 Å². The third-order valence-electron chi connectivity index (χ3n) is 9.99. The van der Waals surface area contributed by atoms with Gasteiger partial charge in [0.15, 0.2) is 23.0 Å². The summed E-state index contributed by atoms with van der Waals surface area (Å²) in [5.41, 5.74) is 5.19. The third-order valence-corrected chi connectivity index (χ3v) is 10.5. The molecular formula is C55H64N2O11S. The highest BCUT2D eigenvalue weighted by Gasteiger charge is 2.48. The van der Waals surface area contributed by atoms with Crippen molar-refractivity contribution in [3.8, 4) is 40.2 Å². The molecule has 0 fully saturated rings. The Morgan fingerprint density at radius 1 is 0.594 bits per heavy atom. The van der Waals surface area contributed by atoms with Crippen molar-refractivity contribution < 1.29 is 52.6 Å². The van der Waals surface area contributed by atoms with Crippen LogP contribution < -0.4 is 33.2 Å². The standard InChI is InChI=1S/C39H40N2O7S.C16H24O4/c1-23(2)45-34-19-27(20-35(46-24(3)4)37(34)47-25(5)6)18-31-36(28-12-17-32-33(21-28)41-49-40-32)38(42)48-39(31,43)29-13-15-30(16-14-29)44-22-26-10-8-7-9-11-26;1-10(2)18-14-7-13(9-17)8-15(19-11(3)4)16(14)20-12(5)6/h7-17,19-21,23-25,43H,18,22H2,1-6H3;7-12H,1-6H3. The summed E-state index contributed by atoms with van der Waals surface area (Å²) in [5, 5.41) is 12.4. The van der Waals surface area contributed by atoms with Crippen molar-refractivity contribution in [3.63, 3.8) is 0 Å². The number of hydrogen-bond donors (Lipinski definition) is 1. The molecule has 0 amide bonds. The van der Waals surface area contributed by atoms with E-state index >= 15 is 0 Å². The molecule has 5 aromatic carbocycles. The number of aromatic nitrogens is 2. The molecule has 0 radical (unpaired) electrons. The molecular weight excluding hydrogens is 897 g/mol. The largest absolute Gasteiger partial charge is 0.489 e. The Hall–Kier alpha value is -6.64.